The first kappa shape index (κ1) is 90.0. The van der Waals surface area contributed by atoms with Crippen molar-refractivity contribution >= 4 is 35.8 Å². The van der Waals surface area contributed by atoms with Gasteiger partial charge in [-0.3, -0.25) is 43.5 Å². The summed E-state index contributed by atoms with van der Waals surface area (Å²) in [5.41, 5.74) is 1.13. The number of ether oxygens (including phenoxy) is 6. The topological polar surface area (TPSA) is 168 Å². The van der Waals surface area contributed by atoms with Crippen LogP contribution in [0.15, 0.2) is 0 Å². The Hall–Kier alpha value is -3.42. The molecule has 18 rings (SSSR count). The fourth-order valence-corrected chi connectivity index (χ4v) is 35.2. The zero-order valence-electron chi connectivity index (χ0n) is 78.5. The molecule has 18 heteroatoms. The van der Waals surface area contributed by atoms with Crippen LogP contribution in [0.4, 0.5) is 0 Å². The van der Waals surface area contributed by atoms with E-state index in [1.54, 1.807) is 41.5 Å². The third kappa shape index (κ3) is 16.8. The minimum atomic E-state index is -0.111. The maximum Gasteiger partial charge on any atom is 0.303 e. The average Bonchev–Trinajstić information content (AvgIpc) is 1.53. The van der Waals surface area contributed by atoms with Crippen LogP contribution in [0.25, 0.3) is 0 Å². The van der Waals surface area contributed by atoms with Gasteiger partial charge >= 0.3 is 35.8 Å². The van der Waals surface area contributed by atoms with Crippen LogP contribution in [0.5, 0.6) is 0 Å². The summed E-state index contributed by atoms with van der Waals surface area (Å²) in [6.07, 6.45) is 48.9. The normalized spacial score (nSPS) is 46.9. The highest BCUT2D eigenvalue weighted by molar-refractivity contribution is 5.68. The molecule has 678 valence electrons. The minimum Gasteiger partial charge on any atom is -0.461 e. The number of nitrogens with zero attached hydrogens (tertiary/aromatic N) is 6. The van der Waals surface area contributed by atoms with Crippen LogP contribution in [0.1, 0.15) is 333 Å². The largest absolute Gasteiger partial charge is 0.461 e. The molecule has 12 aliphatic carbocycles. The van der Waals surface area contributed by atoms with Gasteiger partial charge in [0.25, 0.3) is 0 Å². The number of esters is 6. The average molecular weight is 1670 g/mol. The summed E-state index contributed by atoms with van der Waals surface area (Å²) in [7, 11) is 7.41. The van der Waals surface area contributed by atoms with E-state index < -0.39 is 0 Å². The van der Waals surface area contributed by atoms with Crippen molar-refractivity contribution in [2.45, 2.75) is 406 Å². The predicted octanol–water partition coefficient (Wildman–Crippen LogP) is 17.9. The van der Waals surface area contributed by atoms with Crippen molar-refractivity contribution in [2.75, 3.05) is 99.7 Å². The monoisotopic (exact) mass is 1670 g/mol. The van der Waals surface area contributed by atoms with E-state index in [0.29, 0.717) is 106 Å². The summed E-state index contributed by atoms with van der Waals surface area (Å²) in [5.74, 6) is 7.51. The molecule has 18 fully saturated rings. The maximum atomic E-state index is 12.5. The molecule has 0 spiro atoms. The lowest BCUT2D eigenvalue weighted by atomic mass is 9.44. The van der Waals surface area contributed by atoms with E-state index in [-0.39, 0.29) is 88.7 Å². The number of fused-ring (bicyclic) bond motifs is 15. The number of likely N-dealkylation sites (tertiary alicyclic amines) is 6. The second kappa shape index (κ2) is 35.6. The van der Waals surface area contributed by atoms with Crippen molar-refractivity contribution in [1.29, 1.82) is 0 Å². The third-order valence-electron chi connectivity index (χ3n) is 41.1. The van der Waals surface area contributed by atoms with Crippen molar-refractivity contribution in [1.82, 2.24) is 14.7 Å². The van der Waals surface area contributed by atoms with Crippen molar-refractivity contribution in [3.05, 3.63) is 0 Å². The Kier molecular flexibility index (Phi) is 26.7. The zero-order chi connectivity index (χ0) is 84.9. The second-order valence-electron chi connectivity index (χ2n) is 47.3. The van der Waals surface area contributed by atoms with Gasteiger partial charge in [-0.15, -0.1) is 0 Å². The first-order valence-electron chi connectivity index (χ1n) is 50.9. The summed E-state index contributed by atoms with van der Waals surface area (Å²) in [6.45, 7) is 39.4. The summed E-state index contributed by atoms with van der Waals surface area (Å²) in [4.78, 5) is 82.1. The minimum absolute atomic E-state index is 0.0466. The van der Waals surface area contributed by atoms with Gasteiger partial charge in [0, 0.05) is 95.2 Å². The SMILES string of the molecule is CC(=O)O[C@H]1C[C@@H]2CC[C@@H]3[C@H](CC[C@@]4(C)[C@H]3C[C@H]([N+]3(C)CCCCC3)[C@@H]4OC(C)=O)[C@@]2(C)C[C@@H]1N1CCCCC1.CC(=O)O[C@H]1C[C@@H]2CC[C@@H]3[C@H](CC[C@@]4(C)[C@H]3C[C@H]([N+]3(C)CCCCC3)[C@@H]4OC(C)=O)[C@@]2(C)C[C@@H]1N1CCCCC1.CC(=O)O[C@H]1C[C@@H]2CC[C@@H]3[C@H](CC[C@@]4(C)[C@H]3C[C@H]([N+]3(C)CCCCC3)[C@@H]4OC(C)=O)[C@@]2(C)C[C@@H]1N1CCCCC1. The Labute approximate surface area is 726 Å². The number of hydrogen-bond acceptors (Lipinski definition) is 15. The first-order valence-corrected chi connectivity index (χ1v) is 50.9. The fraction of sp³-hybridized carbons (Fsp3) is 0.941. The van der Waals surface area contributed by atoms with Gasteiger partial charge in [0.2, 0.25) is 0 Å². The smallest absolute Gasteiger partial charge is 0.303 e. The molecule has 6 heterocycles. The number of piperidine rings is 6. The van der Waals surface area contributed by atoms with E-state index >= 15 is 0 Å². The Morgan fingerprint density at radius 1 is 0.267 bits per heavy atom. The molecule has 0 aromatic heterocycles. The summed E-state index contributed by atoms with van der Waals surface area (Å²) >= 11 is 0. The first-order chi connectivity index (χ1) is 57.1. The number of hydrogen-bond donors (Lipinski definition) is 0. The Balaban J connectivity index is 0.000000134. The van der Waals surface area contributed by atoms with Crippen molar-refractivity contribution in [3.63, 3.8) is 0 Å². The zero-order valence-corrected chi connectivity index (χ0v) is 78.5. The highest BCUT2D eigenvalue weighted by atomic mass is 16.6. The van der Waals surface area contributed by atoms with Crippen LogP contribution < -0.4 is 0 Å². The van der Waals surface area contributed by atoms with Crippen LogP contribution in [0.3, 0.4) is 0 Å². The molecule has 30 atom stereocenters. The van der Waals surface area contributed by atoms with Crippen LogP contribution >= 0.6 is 0 Å². The van der Waals surface area contributed by atoms with Gasteiger partial charge in [0.1, 0.15) is 36.4 Å². The third-order valence-corrected chi connectivity index (χ3v) is 41.1. The predicted molar refractivity (Wildman–Crippen MR) is 469 cm³/mol. The van der Waals surface area contributed by atoms with Crippen molar-refractivity contribution in [3.8, 4) is 0 Å². The Morgan fingerprint density at radius 2 is 0.492 bits per heavy atom. The molecule has 0 amide bonds. The summed E-state index contributed by atoms with van der Waals surface area (Å²) in [6, 6.07) is 2.39. The van der Waals surface area contributed by atoms with Crippen molar-refractivity contribution in [2.24, 2.45) is 104 Å². The van der Waals surface area contributed by atoms with E-state index in [0.717, 1.165) is 89.7 Å². The van der Waals surface area contributed by atoms with Gasteiger partial charge in [-0.1, -0.05) is 60.8 Å². The molecule has 0 N–H and O–H groups in total. The van der Waals surface area contributed by atoms with Crippen LogP contribution in [-0.4, -0.2) is 237 Å². The van der Waals surface area contributed by atoms with Crippen LogP contribution in [0.2, 0.25) is 0 Å². The van der Waals surface area contributed by atoms with Gasteiger partial charge in [-0.25, -0.2) is 0 Å². The Morgan fingerprint density at radius 3 is 0.717 bits per heavy atom. The molecule has 18 aliphatic rings. The van der Waals surface area contributed by atoms with Crippen LogP contribution in [-0.2, 0) is 57.2 Å². The highest BCUT2D eigenvalue weighted by Crippen LogP contribution is 2.72. The molecule has 0 bridgehead atoms. The standard InChI is InChI=1S/3C34H57N2O4/c3*1-23(37)39-31-20-25-12-13-26-27(34(25,4)22-29(31)35-16-8-6-9-17-35)14-15-33(3)28(26)21-30(32(33)40-24(2)38)36(5)18-10-7-11-19-36/h3*25-32H,6-22H2,1-5H3/q3*+1/t3*25-,26+,27-,28-,29-,30-,31-,32-,33-,34-/m000/s1. The number of carbonyl (C=O) groups excluding carboxylic acids is 6. The number of rotatable bonds is 12. The quantitative estimate of drug-likeness (QED) is 0.103. The molecule has 6 saturated heterocycles. The number of likely N-dealkylation sites (N-methyl/N-ethyl adjacent to an activating group) is 3. The van der Waals surface area contributed by atoms with Gasteiger partial charge in [-0.2, -0.15) is 0 Å². The molecule has 0 unspecified atom stereocenters. The number of quaternary nitrogens is 3. The van der Waals surface area contributed by atoms with Crippen LogP contribution in [0, 0.1) is 104 Å². The molecule has 0 radical (unpaired) electrons. The maximum absolute atomic E-state index is 12.5. The van der Waals surface area contributed by atoms with Gasteiger partial charge < -0.3 is 41.9 Å². The molecule has 12 saturated carbocycles. The lowest BCUT2D eigenvalue weighted by molar-refractivity contribution is -0.940. The number of carbonyl (C=O) groups is 6. The molecule has 0 aromatic rings. The van der Waals surface area contributed by atoms with Gasteiger partial charge in [0.15, 0.2) is 18.3 Å². The fourth-order valence-electron chi connectivity index (χ4n) is 35.2. The van der Waals surface area contributed by atoms with Crippen molar-refractivity contribution < 1.29 is 70.6 Å². The molecular weight excluding hydrogens is 1500 g/mol. The summed E-state index contributed by atoms with van der Waals surface area (Å²) < 4.78 is 40.6. The summed E-state index contributed by atoms with van der Waals surface area (Å²) in [5, 5.41) is 0. The molecule has 0 aromatic carbocycles. The highest BCUT2D eigenvalue weighted by Gasteiger charge is 2.72. The van der Waals surface area contributed by atoms with E-state index in [2.05, 4.69) is 77.4 Å². The van der Waals surface area contributed by atoms with E-state index in [9.17, 15) is 28.8 Å². The molecule has 18 nitrogen and oxygen atoms in total. The molecule has 120 heavy (non-hydrogen) atoms. The Bertz CT molecular complexity index is 3230. The van der Waals surface area contributed by atoms with Gasteiger partial charge in [-0.05, 0) is 338 Å². The lowest BCUT2D eigenvalue weighted by Crippen LogP contribution is -2.61. The van der Waals surface area contributed by atoms with E-state index in [1.165, 1.54) is 270 Å². The van der Waals surface area contributed by atoms with E-state index in [1.807, 2.05) is 0 Å². The lowest BCUT2D eigenvalue weighted by Gasteiger charge is -2.62. The molecular formula is C102H171N6O12+3. The van der Waals surface area contributed by atoms with E-state index in [4.69, 9.17) is 28.4 Å². The second-order valence-corrected chi connectivity index (χ2v) is 47.3. The molecule has 6 aliphatic heterocycles. The van der Waals surface area contributed by atoms with Gasteiger partial charge in [0.05, 0.1) is 60.4 Å².